The van der Waals surface area contributed by atoms with Crippen molar-refractivity contribution in [3.63, 3.8) is 0 Å². The van der Waals surface area contributed by atoms with Gasteiger partial charge in [0.15, 0.2) is 11.6 Å². The molecule has 0 radical (unpaired) electrons. The van der Waals surface area contributed by atoms with Gasteiger partial charge in [-0.1, -0.05) is 23.7 Å². The number of benzene rings is 1. The molecule has 14 heteroatoms. The third-order valence-corrected chi connectivity index (χ3v) is 9.99. The van der Waals surface area contributed by atoms with Crippen LogP contribution in [0.3, 0.4) is 0 Å². The number of ether oxygens (including phenoxy) is 1. The molecule has 5 rings (SSSR count). The van der Waals surface area contributed by atoms with Gasteiger partial charge in [0, 0.05) is 62.8 Å². The van der Waals surface area contributed by atoms with Crippen LogP contribution in [0.15, 0.2) is 35.4 Å². The Hall–Kier alpha value is -4.58. The summed E-state index contributed by atoms with van der Waals surface area (Å²) in [7, 11) is 0. The quantitative estimate of drug-likeness (QED) is 0.0796. The van der Waals surface area contributed by atoms with E-state index in [1.54, 1.807) is 11.0 Å². The van der Waals surface area contributed by atoms with E-state index in [4.69, 9.17) is 15.3 Å². The first-order valence-corrected chi connectivity index (χ1v) is 18.0. The smallest absolute Gasteiger partial charge is 0.320 e. The van der Waals surface area contributed by atoms with Crippen LogP contribution in [-0.2, 0) is 22.4 Å². The van der Waals surface area contributed by atoms with Crippen LogP contribution in [0.2, 0.25) is 0 Å². The summed E-state index contributed by atoms with van der Waals surface area (Å²) in [6, 6.07) is 7.58. The zero-order chi connectivity index (χ0) is 35.3. The first-order chi connectivity index (χ1) is 24.3. The number of unbranched alkanes of at least 4 members (excludes halogenated alkanes) is 2. The van der Waals surface area contributed by atoms with Crippen LogP contribution in [0.4, 0.5) is 15.0 Å². The predicted octanol–water partition coefficient (Wildman–Crippen LogP) is 6.34. The fourth-order valence-corrected chi connectivity index (χ4v) is 7.12. The molecule has 2 aromatic rings. The number of urea groups is 1. The second-order valence-corrected chi connectivity index (χ2v) is 13.4. The molecule has 50 heavy (non-hydrogen) atoms. The van der Waals surface area contributed by atoms with Crippen LogP contribution in [0.5, 0.6) is 5.75 Å². The Balaban J connectivity index is 1.06. The first-order valence-electron chi connectivity index (χ1n) is 18.0. The number of likely N-dealkylation sites (tertiary alicyclic amines) is 1. The summed E-state index contributed by atoms with van der Waals surface area (Å²) < 4.78 is 21.1. The third-order valence-electron chi connectivity index (χ3n) is 9.99. The molecule has 4 heterocycles. The van der Waals surface area contributed by atoms with E-state index in [0.717, 1.165) is 82.3 Å². The van der Waals surface area contributed by atoms with Gasteiger partial charge in [0.05, 0.1) is 19.1 Å². The average molecular weight is 693 g/mol. The highest BCUT2D eigenvalue weighted by atomic mass is 19.1. The molecule has 0 aliphatic carbocycles. The maximum absolute atomic E-state index is 15.3. The van der Waals surface area contributed by atoms with E-state index in [2.05, 4.69) is 21.4 Å². The third kappa shape index (κ3) is 10.2. The lowest BCUT2D eigenvalue weighted by atomic mass is 9.93. The van der Waals surface area contributed by atoms with Crippen LogP contribution in [0.1, 0.15) is 87.1 Å². The number of carbonyl (C=O) groups is 3. The van der Waals surface area contributed by atoms with E-state index in [1.165, 1.54) is 22.6 Å². The number of azide groups is 1. The van der Waals surface area contributed by atoms with Gasteiger partial charge in [-0.15, -0.1) is 0 Å². The molecule has 13 nitrogen and oxygen atoms in total. The van der Waals surface area contributed by atoms with E-state index in [-0.39, 0.29) is 24.1 Å². The Morgan fingerprint density at radius 2 is 1.96 bits per heavy atom. The number of carboxylic acid groups (broad SMARTS) is 1. The van der Waals surface area contributed by atoms with Gasteiger partial charge in [-0.3, -0.25) is 9.59 Å². The van der Waals surface area contributed by atoms with E-state index >= 15 is 4.39 Å². The Morgan fingerprint density at radius 1 is 1.12 bits per heavy atom. The molecule has 0 saturated carbocycles. The van der Waals surface area contributed by atoms with Crippen molar-refractivity contribution >= 4 is 23.7 Å². The number of nitrogens with one attached hydrogen (secondary N) is 1. The molecule has 1 atom stereocenters. The number of rotatable bonds is 18. The summed E-state index contributed by atoms with van der Waals surface area (Å²) in [5.41, 5.74) is 11.0. The van der Waals surface area contributed by atoms with Gasteiger partial charge in [0.2, 0.25) is 5.91 Å². The molecular weight excluding hydrogens is 643 g/mol. The van der Waals surface area contributed by atoms with Crippen molar-refractivity contribution in [3.8, 4) is 5.75 Å². The topological polar surface area (TPSA) is 164 Å². The highest BCUT2D eigenvalue weighted by molar-refractivity contribution is 5.78. The van der Waals surface area contributed by atoms with E-state index < -0.39 is 17.8 Å². The maximum Gasteiger partial charge on any atom is 0.320 e. The number of hydrogen-bond donors (Lipinski definition) is 2. The lowest BCUT2D eigenvalue weighted by molar-refractivity contribution is -0.138. The molecule has 2 N–H and O–H groups in total. The molecule has 0 bridgehead atoms. The minimum absolute atomic E-state index is 0.0938. The zero-order valence-electron chi connectivity index (χ0n) is 28.8. The summed E-state index contributed by atoms with van der Waals surface area (Å²) in [4.78, 5) is 50.4. The Kier molecular flexibility index (Phi) is 13.5. The second-order valence-electron chi connectivity index (χ2n) is 13.4. The number of anilines is 1. The van der Waals surface area contributed by atoms with Crippen molar-refractivity contribution in [2.45, 2.75) is 83.1 Å². The van der Waals surface area contributed by atoms with Crippen molar-refractivity contribution < 1.29 is 28.6 Å². The van der Waals surface area contributed by atoms with E-state index in [9.17, 15) is 19.5 Å². The molecule has 3 aliphatic rings. The number of carboxylic acids is 1. The van der Waals surface area contributed by atoms with Gasteiger partial charge in [0.25, 0.3) is 0 Å². The average Bonchev–Trinajstić information content (AvgIpc) is 3.48. The number of aromatic nitrogens is 1. The van der Waals surface area contributed by atoms with Gasteiger partial charge < -0.3 is 29.9 Å². The summed E-state index contributed by atoms with van der Waals surface area (Å²) in [5, 5.41) is 16.5. The van der Waals surface area contributed by atoms with Crippen LogP contribution in [0, 0.1) is 11.7 Å². The van der Waals surface area contributed by atoms with Gasteiger partial charge in [-0.25, -0.2) is 14.2 Å². The molecule has 2 saturated heterocycles. The summed E-state index contributed by atoms with van der Waals surface area (Å²) in [5.74, 6) is -0.0762. The van der Waals surface area contributed by atoms with Crippen LogP contribution < -0.4 is 10.1 Å². The molecule has 2 fully saturated rings. The highest BCUT2D eigenvalue weighted by Gasteiger charge is 2.35. The zero-order valence-corrected chi connectivity index (χ0v) is 28.8. The number of carbonyl (C=O) groups excluding carboxylic acids is 2. The fourth-order valence-electron chi connectivity index (χ4n) is 7.12. The number of pyridine rings is 1. The predicted molar refractivity (Wildman–Crippen MR) is 186 cm³/mol. The van der Waals surface area contributed by atoms with Crippen molar-refractivity contribution in [3.05, 3.63) is 63.4 Å². The number of aliphatic carboxylic acids is 1. The minimum Gasteiger partial charge on any atom is -0.491 e. The molecule has 1 unspecified atom stereocenters. The van der Waals surface area contributed by atoms with Gasteiger partial charge in [0.1, 0.15) is 5.82 Å². The van der Waals surface area contributed by atoms with Crippen LogP contribution >= 0.6 is 0 Å². The van der Waals surface area contributed by atoms with Crippen molar-refractivity contribution in [2.75, 3.05) is 57.7 Å². The lowest BCUT2D eigenvalue weighted by Gasteiger charge is -2.32. The number of aryl methyl sites for hydroxylation is 2. The van der Waals surface area contributed by atoms with E-state index in [0.29, 0.717) is 63.8 Å². The SMILES string of the molecule is [N-]=[N+]=NCCCCCC(=O)N1CCC(CCOc2ccc(C(CC(=O)O)N3CCN(CCCc4ccc5c(n4)NCCC5)C3=O)cc2F)CC1. The van der Waals surface area contributed by atoms with Crippen molar-refractivity contribution in [1.82, 2.24) is 19.7 Å². The Labute approximate surface area is 292 Å². The maximum atomic E-state index is 15.3. The van der Waals surface area contributed by atoms with Crippen molar-refractivity contribution in [2.24, 2.45) is 11.0 Å². The number of fused-ring (bicyclic) bond motifs is 1. The van der Waals surface area contributed by atoms with Crippen LogP contribution in [0.25, 0.3) is 10.4 Å². The lowest BCUT2D eigenvalue weighted by Crippen LogP contribution is -2.38. The number of halogens is 1. The Bertz CT molecular complexity index is 1530. The van der Waals surface area contributed by atoms with Gasteiger partial charge >= 0.3 is 12.0 Å². The van der Waals surface area contributed by atoms with Crippen molar-refractivity contribution in [1.29, 1.82) is 0 Å². The van der Waals surface area contributed by atoms with E-state index in [1.807, 2.05) is 11.0 Å². The standard InChI is InChI=1S/C36H49FN8O5/c37-30-24-28(10-12-32(30)50-23-15-26-13-19-43(20-14-26)33(46)8-2-1-3-17-40-42-38)31(25-34(47)48)45-22-21-44(36(45)49)18-5-7-29-11-9-27-6-4-16-39-35(27)41-29/h9-12,24,26,31H,1-8,13-23,25H2,(H,39,41)(H,47,48). The monoisotopic (exact) mass is 692 g/mol. The van der Waals surface area contributed by atoms with Gasteiger partial charge in [-0.05, 0) is 98.6 Å². The second kappa shape index (κ2) is 18.4. The largest absolute Gasteiger partial charge is 0.491 e. The highest BCUT2D eigenvalue weighted by Crippen LogP contribution is 2.32. The number of piperidine rings is 1. The molecule has 1 aromatic carbocycles. The molecule has 0 spiro atoms. The number of nitrogens with zero attached hydrogens (tertiary/aromatic N) is 7. The number of amides is 3. The van der Waals surface area contributed by atoms with Crippen LogP contribution in [-0.4, -0.2) is 95.1 Å². The Morgan fingerprint density at radius 3 is 2.74 bits per heavy atom. The number of hydrogen-bond acceptors (Lipinski definition) is 7. The fraction of sp³-hybridized carbons (Fsp3) is 0.611. The molecular formula is C36H49FN8O5. The summed E-state index contributed by atoms with van der Waals surface area (Å²) in [6.07, 6.45) is 8.68. The molecule has 3 aliphatic heterocycles. The first kappa shape index (κ1) is 36.7. The minimum atomic E-state index is -1.07. The molecule has 3 amide bonds. The summed E-state index contributed by atoms with van der Waals surface area (Å²) >= 11 is 0. The molecule has 270 valence electrons. The summed E-state index contributed by atoms with van der Waals surface area (Å²) in [6.45, 7) is 4.49. The van der Waals surface area contributed by atoms with Gasteiger partial charge in [-0.2, -0.15) is 0 Å². The normalized spacial score (nSPS) is 16.8. The molecule has 1 aromatic heterocycles.